The molecule has 29 heavy (non-hydrogen) atoms. The van der Waals surface area contributed by atoms with Crippen LogP contribution in [0.2, 0.25) is 0 Å². The van der Waals surface area contributed by atoms with Gasteiger partial charge in [-0.1, -0.05) is 25.3 Å². The molecule has 1 saturated carbocycles. The van der Waals surface area contributed by atoms with Crippen LogP contribution in [0.1, 0.15) is 53.6 Å². The Balaban J connectivity index is 1.76. The van der Waals surface area contributed by atoms with Crippen LogP contribution in [0.15, 0.2) is 36.5 Å². The van der Waals surface area contributed by atoms with Crippen LogP contribution in [0.4, 0.5) is 5.69 Å². The second-order valence-corrected chi connectivity index (χ2v) is 7.73. The average molecular weight is 396 g/mol. The van der Waals surface area contributed by atoms with Gasteiger partial charge in [0.15, 0.2) is 0 Å². The molecule has 2 aromatic rings. The summed E-state index contributed by atoms with van der Waals surface area (Å²) in [6, 6.07) is 8.47. The van der Waals surface area contributed by atoms with E-state index in [0.717, 1.165) is 36.8 Å². The maximum atomic E-state index is 13.1. The van der Waals surface area contributed by atoms with E-state index in [1.54, 1.807) is 31.5 Å². The third-order valence-electron chi connectivity index (χ3n) is 5.67. The molecule has 0 aliphatic heterocycles. The molecule has 2 N–H and O–H groups in total. The second-order valence-electron chi connectivity index (χ2n) is 7.73. The van der Waals surface area contributed by atoms with Crippen molar-refractivity contribution in [1.82, 2.24) is 10.3 Å². The van der Waals surface area contributed by atoms with E-state index < -0.39 is 6.04 Å². The van der Waals surface area contributed by atoms with Gasteiger partial charge in [0.2, 0.25) is 11.8 Å². The lowest BCUT2D eigenvalue weighted by molar-refractivity contribution is -0.119. The molecule has 2 amide bonds. The first-order valence-corrected chi connectivity index (χ1v) is 10.2. The van der Waals surface area contributed by atoms with Crippen LogP contribution in [0.3, 0.4) is 0 Å². The standard InChI is InChI=1S/C23H29N3O3/c1-15-9-10-18(13-16(15)2)22(27)26-21(17-7-5-4-6-8-17)23(28)25-19-11-12-20(29-3)24-14-19/h9-14,17,21H,4-8H2,1-3H3,(H,25,28)(H,26,27)/t21-/m1/s1. The lowest BCUT2D eigenvalue weighted by Gasteiger charge is -2.30. The van der Waals surface area contributed by atoms with Gasteiger partial charge in [0.1, 0.15) is 6.04 Å². The predicted molar refractivity (Wildman–Crippen MR) is 113 cm³/mol. The molecule has 1 atom stereocenters. The molecule has 0 saturated heterocycles. The van der Waals surface area contributed by atoms with Crippen molar-refractivity contribution in [3.05, 3.63) is 53.2 Å². The minimum atomic E-state index is -0.577. The second kappa shape index (κ2) is 9.54. The van der Waals surface area contributed by atoms with Gasteiger partial charge >= 0.3 is 0 Å². The zero-order valence-electron chi connectivity index (χ0n) is 17.3. The number of aryl methyl sites for hydroxylation is 2. The van der Waals surface area contributed by atoms with E-state index in [4.69, 9.17) is 4.74 Å². The quantitative estimate of drug-likeness (QED) is 0.774. The number of amides is 2. The van der Waals surface area contributed by atoms with Crippen molar-refractivity contribution >= 4 is 17.5 Å². The van der Waals surface area contributed by atoms with Gasteiger partial charge in [-0.2, -0.15) is 0 Å². The summed E-state index contributed by atoms with van der Waals surface area (Å²) >= 11 is 0. The van der Waals surface area contributed by atoms with Crippen molar-refractivity contribution in [3.63, 3.8) is 0 Å². The van der Waals surface area contributed by atoms with Crippen LogP contribution in [0, 0.1) is 19.8 Å². The molecule has 0 unspecified atom stereocenters. The third-order valence-corrected chi connectivity index (χ3v) is 5.67. The first kappa shape index (κ1) is 20.8. The number of carbonyl (C=O) groups is 2. The Morgan fingerprint density at radius 2 is 1.83 bits per heavy atom. The first-order valence-electron chi connectivity index (χ1n) is 10.2. The van der Waals surface area contributed by atoms with Gasteiger partial charge in [0.25, 0.3) is 5.91 Å². The van der Waals surface area contributed by atoms with Crippen molar-refractivity contribution in [1.29, 1.82) is 0 Å². The van der Waals surface area contributed by atoms with Gasteiger partial charge in [-0.3, -0.25) is 9.59 Å². The van der Waals surface area contributed by atoms with Gasteiger partial charge < -0.3 is 15.4 Å². The van der Waals surface area contributed by atoms with Gasteiger partial charge in [-0.05, 0) is 61.9 Å². The average Bonchev–Trinajstić information content (AvgIpc) is 2.74. The number of benzene rings is 1. The van der Waals surface area contributed by atoms with Crippen LogP contribution in [-0.4, -0.2) is 29.9 Å². The zero-order valence-corrected chi connectivity index (χ0v) is 17.3. The number of hydrogen-bond acceptors (Lipinski definition) is 4. The van der Waals surface area contributed by atoms with Crippen LogP contribution < -0.4 is 15.4 Å². The number of pyridine rings is 1. The van der Waals surface area contributed by atoms with Crippen molar-refractivity contribution in [2.75, 3.05) is 12.4 Å². The van der Waals surface area contributed by atoms with Crippen LogP contribution >= 0.6 is 0 Å². The molecule has 1 heterocycles. The molecule has 0 bridgehead atoms. The number of carbonyl (C=O) groups excluding carboxylic acids is 2. The van der Waals surface area contributed by atoms with Crippen LogP contribution in [0.5, 0.6) is 5.88 Å². The van der Waals surface area contributed by atoms with E-state index >= 15 is 0 Å². The Morgan fingerprint density at radius 1 is 1.07 bits per heavy atom. The fourth-order valence-electron chi connectivity index (χ4n) is 3.77. The maximum Gasteiger partial charge on any atom is 0.251 e. The summed E-state index contributed by atoms with van der Waals surface area (Å²) in [7, 11) is 1.54. The minimum absolute atomic E-state index is 0.130. The molecule has 0 radical (unpaired) electrons. The van der Waals surface area contributed by atoms with E-state index in [2.05, 4.69) is 15.6 Å². The molecule has 1 aromatic heterocycles. The number of aromatic nitrogens is 1. The highest BCUT2D eigenvalue weighted by molar-refractivity contribution is 6.01. The van der Waals surface area contributed by atoms with Crippen LogP contribution in [0.25, 0.3) is 0 Å². The Kier molecular flexibility index (Phi) is 6.86. The zero-order chi connectivity index (χ0) is 20.8. The highest BCUT2D eigenvalue weighted by Crippen LogP contribution is 2.27. The van der Waals surface area contributed by atoms with Crippen LogP contribution in [-0.2, 0) is 4.79 Å². The van der Waals surface area contributed by atoms with Crippen molar-refractivity contribution in [3.8, 4) is 5.88 Å². The molecule has 154 valence electrons. The van der Waals surface area contributed by atoms with Gasteiger partial charge in [0.05, 0.1) is 19.0 Å². The first-order chi connectivity index (χ1) is 14.0. The molecular weight excluding hydrogens is 366 g/mol. The molecule has 1 aliphatic carbocycles. The number of ether oxygens (including phenoxy) is 1. The highest BCUT2D eigenvalue weighted by Gasteiger charge is 2.31. The molecule has 1 aromatic carbocycles. The van der Waals surface area contributed by atoms with E-state index in [-0.39, 0.29) is 17.7 Å². The van der Waals surface area contributed by atoms with Gasteiger partial charge in [0, 0.05) is 11.6 Å². The Labute approximate surface area is 172 Å². The van der Waals surface area contributed by atoms with E-state index in [1.165, 1.54) is 6.42 Å². The highest BCUT2D eigenvalue weighted by atomic mass is 16.5. The number of methoxy groups -OCH3 is 1. The number of hydrogen-bond donors (Lipinski definition) is 2. The maximum absolute atomic E-state index is 13.1. The lowest BCUT2D eigenvalue weighted by atomic mass is 9.83. The van der Waals surface area contributed by atoms with Crippen molar-refractivity contribution in [2.45, 2.75) is 52.0 Å². The SMILES string of the molecule is COc1ccc(NC(=O)[C@H](NC(=O)c2ccc(C)c(C)c2)C2CCCCC2)cn1. The monoisotopic (exact) mass is 395 g/mol. The summed E-state index contributed by atoms with van der Waals surface area (Å²) in [6.07, 6.45) is 6.77. The molecular formula is C23H29N3O3. The Bertz CT molecular complexity index is 858. The largest absolute Gasteiger partial charge is 0.481 e. The number of nitrogens with one attached hydrogen (secondary N) is 2. The lowest BCUT2D eigenvalue weighted by Crippen LogP contribution is -2.49. The minimum Gasteiger partial charge on any atom is -0.481 e. The number of anilines is 1. The molecule has 6 heteroatoms. The molecule has 1 aliphatic rings. The number of nitrogens with zero attached hydrogens (tertiary/aromatic N) is 1. The molecule has 6 nitrogen and oxygen atoms in total. The van der Waals surface area contributed by atoms with Gasteiger partial charge in [-0.15, -0.1) is 0 Å². The predicted octanol–water partition coefficient (Wildman–Crippen LogP) is 4.02. The molecule has 0 spiro atoms. The third kappa shape index (κ3) is 5.34. The topological polar surface area (TPSA) is 80.3 Å². The fourth-order valence-corrected chi connectivity index (χ4v) is 3.77. The summed E-state index contributed by atoms with van der Waals surface area (Å²) in [5.74, 6) is 0.188. The Hall–Kier alpha value is -2.89. The summed E-state index contributed by atoms with van der Waals surface area (Å²) < 4.78 is 5.06. The number of rotatable bonds is 6. The van der Waals surface area contributed by atoms with E-state index in [1.807, 2.05) is 26.0 Å². The summed E-state index contributed by atoms with van der Waals surface area (Å²) in [6.45, 7) is 3.99. The van der Waals surface area contributed by atoms with Crippen molar-refractivity contribution < 1.29 is 14.3 Å². The normalized spacial score (nSPS) is 15.4. The summed E-state index contributed by atoms with van der Waals surface area (Å²) in [5, 5.41) is 5.89. The summed E-state index contributed by atoms with van der Waals surface area (Å²) in [4.78, 5) is 30.1. The Morgan fingerprint density at radius 3 is 2.45 bits per heavy atom. The molecule has 1 fully saturated rings. The summed E-state index contributed by atoms with van der Waals surface area (Å²) in [5.41, 5.74) is 3.35. The van der Waals surface area contributed by atoms with E-state index in [9.17, 15) is 9.59 Å². The van der Waals surface area contributed by atoms with Gasteiger partial charge in [-0.25, -0.2) is 4.98 Å². The van der Waals surface area contributed by atoms with E-state index in [0.29, 0.717) is 17.1 Å². The smallest absolute Gasteiger partial charge is 0.251 e. The van der Waals surface area contributed by atoms with Crippen molar-refractivity contribution in [2.24, 2.45) is 5.92 Å². The fraction of sp³-hybridized carbons (Fsp3) is 0.435. The molecule has 3 rings (SSSR count).